The predicted octanol–water partition coefficient (Wildman–Crippen LogP) is 2.70. The molecule has 0 aliphatic carbocycles. The van der Waals surface area contributed by atoms with E-state index in [1.54, 1.807) is 7.11 Å². The highest BCUT2D eigenvalue weighted by Crippen LogP contribution is 2.30. The Bertz CT molecular complexity index is 985. The van der Waals surface area contributed by atoms with Crippen LogP contribution in [0.1, 0.15) is 0 Å². The minimum Gasteiger partial charge on any atom is -0.497 e. The van der Waals surface area contributed by atoms with Crippen molar-refractivity contribution in [1.29, 1.82) is 0 Å². The predicted molar refractivity (Wildman–Crippen MR) is 102 cm³/mol. The Kier molecular flexibility index (Phi) is 4.65. The van der Waals surface area contributed by atoms with E-state index in [4.69, 9.17) is 14.2 Å². The van der Waals surface area contributed by atoms with Gasteiger partial charge in [0, 0.05) is 11.6 Å². The molecule has 27 heavy (non-hydrogen) atoms. The summed E-state index contributed by atoms with van der Waals surface area (Å²) in [6.45, 7) is 0.871. The van der Waals surface area contributed by atoms with Crippen molar-refractivity contribution in [3.8, 4) is 28.5 Å². The first-order valence-corrected chi connectivity index (χ1v) is 8.59. The smallest absolute Gasteiger partial charge is 0.252 e. The van der Waals surface area contributed by atoms with Crippen LogP contribution in [0.15, 0.2) is 59.4 Å². The molecule has 0 bridgehead atoms. The third-order valence-corrected chi connectivity index (χ3v) is 4.19. The lowest BCUT2D eigenvalue weighted by Crippen LogP contribution is -2.35. The Morgan fingerprint density at radius 3 is 2.74 bits per heavy atom. The van der Waals surface area contributed by atoms with Crippen LogP contribution < -0.4 is 25.1 Å². The second kappa shape index (κ2) is 7.41. The summed E-state index contributed by atoms with van der Waals surface area (Å²) in [5.41, 5.74) is 1.18. The number of aromatic nitrogens is 2. The maximum Gasteiger partial charge on any atom is 0.252 e. The van der Waals surface area contributed by atoms with E-state index in [1.807, 2.05) is 48.5 Å². The molecule has 7 nitrogen and oxygen atoms in total. The van der Waals surface area contributed by atoms with Gasteiger partial charge in [-0.1, -0.05) is 12.1 Å². The zero-order chi connectivity index (χ0) is 18.6. The molecular formula is C20H19N3O4. The van der Waals surface area contributed by atoms with Crippen molar-refractivity contribution in [2.45, 2.75) is 6.10 Å². The lowest BCUT2D eigenvalue weighted by molar-refractivity contribution is 0.0996. The van der Waals surface area contributed by atoms with Gasteiger partial charge in [0.05, 0.1) is 19.3 Å². The SMILES string of the molecule is COc1ccc(-c2cc(=O)[nH]c(NCC3COc4ccccc4O3)n2)cc1. The van der Waals surface area contributed by atoms with Gasteiger partial charge in [-0.15, -0.1) is 0 Å². The van der Waals surface area contributed by atoms with Crippen molar-refractivity contribution >= 4 is 5.95 Å². The molecule has 1 atom stereocenters. The summed E-state index contributed by atoms with van der Waals surface area (Å²) in [7, 11) is 1.61. The number of ether oxygens (including phenoxy) is 3. The lowest BCUT2D eigenvalue weighted by atomic mass is 10.1. The minimum absolute atomic E-state index is 0.185. The van der Waals surface area contributed by atoms with Crippen LogP contribution in [-0.4, -0.2) is 36.3 Å². The number of anilines is 1. The Morgan fingerprint density at radius 2 is 1.96 bits per heavy atom. The van der Waals surface area contributed by atoms with Gasteiger partial charge in [0.15, 0.2) is 11.5 Å². The molecule has 3 aromatic rings. The van der Waals surface area contributed by atoms with Crippen molar-refractivity contribution in [2.24, 2.45) is 0 Å². The summed E-state index contributed by atoms with van der Waals surface area (Å²) in [5, 5.41) is 3.12. The first-order valence-electron chi connectivity index (χ1n) is 8.59. The standard InChI is InChI=1S/C20H19N3O4/c1-25-14-8-6-13(7-9-14)16-10-19(24)23-20(22-16)21-11-15-12-26-17-4-2-3-5-18(17)27-15/h2-10,15H,11-12H2,1H3,(H2,21,22,23,24). The second-order valence-corrected chi connectivity index (χ2v) is 6.09. The molecule has 0 radical (unpaired) electrons. The summed E-state index contributed by atoms with van der Waals surface area (Å²) in [6, 6.07) is 16.4. The minimum atomic E-state index is -0.232. The van der Waals surface area contributed by atoms with Crippen LogP contribution in [0.4, 0.5) is 5.95 Å². The van der Waals surface area contributed by atoms with Crippen LogP contribution in [0.5, 0.6) is 17.2 Å². The molecule has 1 unspecified atom stereocenters. The maximum atomic E-state index is 12.0. The van der Waals surface area contributed by atoms with Gasteiger partial charge >= 0.3 is 0 Å². The fraction of sp³-hybridized carbons (Fsp3) is 0.200. The van der Waals surface area contributed by atoms with Crippen molar-refractivity contribution in [2.75, 3.05) is 25.6 Å². The van der Waals surface area contributed by atoms with Gasteiger partial charge in [0.1, 0.15) is 18.5 Å². The number of H-pyrrole nitrogens is 1. The number of nitrogens with zero attached hydrogens (tertiary/aromatic N) is 1. The molecule has 0 fully saturated rings. The number of para-hydroxylation sites is 2. The van der Waals surface area contributed by atoms with Gasteiger partial charge in [0.2, 0.25) is 5.95 Å². The summed E-state index contributed by atoms with van der Waals surface area (Å²) in [6.07, 6.45) is -0.185. The summed E-state index contributed by atoms with van der Waals surface area (Å²) >= 11 is 0. The molecule has 4 rings (SSSR count). The fourth-order valence-electron chi connectivity index (χ4n) is 2.83. The van der Waals surface area contributed by atoms with Crippen LogP contribution in [-0.2, 0) is 0 Å². The molecule has 0 spiro atoms. The highest BCUT2D eigenvalue weighted by atomic mass is 16.6. The Balaban J connectivity index is 1.46. The number of benzene rings is 2. The molecule has 138 valence electrons. The number of fused-ring (bicyclic) bond motifs is 1. The molecule has 7 heteroatoms. The lowest BCUT2D eigenvalue weighted by Gasteiger charge is -2.26. The van der Waals surface area contributed by atoms with E-state index >= 15 is 0 Å². The number of nitrogens with one attached hydrogen (secondary N) is 2. The third-order valence-electron chi connectivity index (χ3n) is 4.19. The molecule has 0 saturated heterocycles. The summed E-state index contributed by atoms with van der Waals surface area (Å²) in [5.74, 6) is 2.58. The van der Waals surface area contributed by atoms with E-state index in [2.05, 4.69) is 15.3 Å². The number of hydrogen-bond donors (Lipinski definition) is 2. The van der Waals surface area contributed by atoms with Crippen LogP contribution >= 0.6 is 0 Å². The average Bonchev–Trinajstić information content (AvgIpc) is 2.72. The Hall–Kier alpha value is -3.48. The number of rotatable bonds is 5. The van der Waals surface area contributed by atoms with Crippen molar-refractivity contribution in [1.82, 2.24) is 9.97 Å². The quantitative estimate of drug-likeness (QED) is 0.723. The highest BCUT2D eigenvalue weighted by molar-refractivity contribution is 5.60. The van der Waals surface area contributed by atoms with Crippen LogP contribution in [0.2, 0.25) is 0 Å². The molecule has 1 aromatic heterocycles. The van der Waals surface area contributed by atoms with Gasteiger partial charge in [-0.3, -0.25) is 9.78 Å². The maximum absolute atomic E-state index is 12.0. The van der Waals surface area contributed by atoms with Crippen LogP contribution in [0, 0.1) is 0 Å². The van der Waals surface area contributed by atoms with Gasteiger partial charge in [-0.2, -0.15) is 0 Å². The largest absolute Gasteiger partial charge is 0.497 e. The Morgan fingerprint density at radius 1 is 1.19 bits per heavy atom. The van der Waals surface area contributed by atoms with Gasteiger partial charge in [-0.25, -0.2) is 4.98 Å². The molecule has 2 aromatic carbocycles. The molecule has 0 saturated carbocycles. The fourth-order valence-corrected chi connectivity index (χ4v) is 2.83. The van der Waals surface area contributed by atoms with Crippen molar-refractivity contribution in [3.05, 3.63) is 65.0 Å². The van der Waals surface area contributed by atoms with E-state index in [1.165, 1.54) is 6.07 Å². The number of methoxy groups -OCH3 is 1. The number of aromatic amines is 1. The first-order chi connectivity index (χ1) is 13.2. The molecule has 1 aliphatic rings. The topological polar surface area (TPSA) is 85.5 Å². The molecule has 1 aliphatic heterocycles. The average molecular weight is 365 g/mol. The number of hydrogen-bond acceptors (Lipinski definition) is 6. The van der Waals surface area contributed by atoms with E-state index in [0.29, 0.717) is 30.5 Å². The van der Waals surface area contributed by atoms with Crippen molar-refractivity contribution < 1.29 is 14.2 Å². The highest BCUT2D eigenvalue weighted by Gasteiger charge is 2.20. The van der Waals surface area contributed by atoms with E-state index in [0.717, 1.165) is 17.1 Å². The molecular weight excluding hydrogens is 346 g/mol. The van der Waals surface area contributed by atoms with Crippen LogP contribution in [0.3, 0.4) is 0 Å². The monoisotopic (exact) mass is 365 g/mol. The van der Waals surface area contributed by atoms with E-state index in [-0.39, 0.29) is 11.7 Å². The van der Waals surface area contributed by atoms with Gasteiger partial charge in [-0.05, 0) is 36.4 Å². The zero-order valence-electron chi connectivity index (χ0n) is 14.8. The zero-order valence-corrected chi connectivity index (χ0v) is 14.8. The second-order valence-electron chi connectivity index (χ2n) is 6.09. The van der Waals surface area contributed by atoms with Gasteiger partial charge < -0.3 is 19.5 Å². The van der Waals surface area contributed by atoms with E-state index in [9.17, 15) is 4.79 Å². The van der Waals surface area contributed by atoms with Gasteiger partial charge in [0.25, 0.3) is 5.56 Å². The third kappa shape index (κ3) is 3.87. The summed E-state index contributed by atoms with van der Waals surface area (Å²) < 4.78 is 16.8. The molecule has 0 amide bonds. The first kappa shape index (κ1) is 17.0. The Labute approximate surface area is 155 Å². The summed E-state index contributed by atoms with van der Waals surface area (Å²) in [4.78, 5) is 19.2. The van der Waals surface area contributed by atoms with Crippen molar-refractivity contribution in [3.63, 3.8) is 0 Å². The van der Waals surface area contributed by atoms with E-state index < -0.39 is 0 Å². The molecule has 2 N–H and O–H groups in total. The molecule has 2 heterocycles. The van der Waals surface area contributed by atoms with Crippen LogP contribution in [0.25, 0.3) is 11.3 Å². The normalized spacial score (nSPS) is 15.2.